The quantitative estimate of drug-likeness (QED) is 0.742. The minimum Gasteiger partial charge on any atom is -0.326 e. The zero-order valence-corrected chi connectivity index (χ0v) is 18.3. The summed E-state index contributed by atoms with van der Waals surface area (Å²) in [5, 5.41) is 2.95. The van der Waals surface area contributed by atoms with E-state index in [1.165, 1.54) is 21.2 Å². The van der Waals surface area contributed by atoms with Gasteiger partial charge in [-0.3, -0.25) is 4.79 Å². The van der Waals surface area contributed by atoms with Crippen molar-refractivity contribution >= 4 is 33.0 Å². The van der Waals surface area contributed by atoms with Gasteiger partial charge in [0.05, 0.1) is 5.92 Å². The molecule has 0 spiro atoms. The molecular formula is C21H28N2O3S2. The summed E-state index contributed by atoms with van der Waals surface area (Å²) >= 11 is 1.28. The van der Waals surface area contributed by atoms with Crippen LogP contribution in [0.15, 0.2) is 40.6 Å². The molecule has 28 heavy (non-hydrogen) atoms. The van der Waals surface area contributed by atoms with Crippen molar-refractivity contribution in [3.8, 4) is 0 Å². The standard InChI is InChI=1S/C21H28N2O3S2/c1-4-15(2)17-8-10-19(11-9-17)22-21(24)18-6-5-13-23(14-18)28(25,26)20-12-7-16(3)27-20/h7-12,15,18H,4-6,13-14H2,1-3H3,(H,22,24)/t15-,18+/m1/s1. The lowest BCUT2D eigenvalue weighted by atomic mass is 9.97. The first-order valence-electron chi connectivity index (χ1n) is 9.78. The van der Waals surface area contributed by atoms with Crippen LogP contribution in [0.2, 0.25) is 0 Å². The molecular weight excluding hydrogens is 392 g/mol. The number of thiophene rings is 1. The molecule has 0 radical (unpaired) electrons. The molecule has 0 unspecified atom stereocenters. The van der Waals surface area contributed by atoms with Crippen molar-refractivity contribution in [2.24, 2.45) is 5.92 Å². The zero-order chi connectivity index (χ0) is 20.3. The fraction of sp³-hybridized carbons (Fsp3) is 0.476. The highest BCUT2D eigenvalue weighted by Gasteiger charge is 2.34. The monoisotopic (exact) mass is 420 g/mol. The van der Waals surface area contributed by atoms with E-state index in [1.54, 1.807) is 6.07 Å². The number of amides is 1. The van der Waals surface area contributed by atoms with Gasteiger partial charge >= 0.3 is 0 Å². The van der Waals surface area contributed by atoms with E-state index in [-0.39, 0.29) is 18.4 Å². The molecule has 1 aromatic heterocycles. The molecule has 1 saturated heterocycles. The van der Waals surface area contributed by atoms with Gasteiger partial charge in [-0.25, -0.2) is 8.42 Å². The van der Waals surface area contributed by atoms with Gasteiger partial charge in [0.25, 0.3) is 10.0 Å². The maximum absolute atomic E-state index is 12.9. The van der Waals surface area contributed by atoms with Crippen molar-refractivity contribution in [3.05, 3.63) is 46.8 Å². The number of hydrogen-bond acceptors (Lipinski definition) is 4. The zero-order valence-electron chi connectivity index (χ0n) is 16.6. The molecule has 1 aromatic carbocycles. The smallest absolute Gasteiger partial charge is 0.252 e. The lowest BCUT2D eigenvalue weighted by Crippen LogP contribution is -2.43. The second kappa shape index (κ2) is 8.76. The SMILES string of the molecule is CC[C@@H](C)c1ccc(NC(=O)[C@H]2CCCN(S(=O)(=O)c3ccc(C)s3)C2)cc1. The van der Waals surface area contributed by atoms with Crippen LogP contribution in [0.25, 0.3) is 0 Å². The van der Waals surface area contributed by atoms with E-state index in [1.807, 2.05) is 37.3 Å². The average molecular weight is 421 g/mol. The van der Waals surface area contributed by atoms with Gasteiger partial charge in [-0.05, 0) is 61.9 Å². The summed E-state index contributed by atoms with van der Waals surface area (Å²) in [6.45, 7) is 6.92. The molecule has 1 fully saturated rings. The van der Waals surface area contributed by atoms with Crippen molar-refractivity contribution in [1.29, 1.82) is 0 Å². The third kappa shape index (κ3) is 4.64. The van der Waals surface area contributed by atoms with Gasteiger partial charge in [-0.1, -0.05) is 26.0 Å². The van der Waals surface area contributed by atoms with Gasteiger partial charge in [0.1, 0.15) is 4.21 Å². The molecule has 1 aliphatic rings. The Balaban J connectivity index is 1.66. The molecule has 152 valence electrons. The minimum absolute atomic E-state index is 0.112. The Morgan fingerprint density at radius 2 is 1.96 bits per heavy atom. The van der Waals surface area contributed by atoms with Gasteiger partial charge < -0.3 is 5.32 Å². The summed E-state index contributed by atoms with van der Waals surface area (Å²) in [6.07, 6.45) is 2.46. The summed E-state index contributed by atoms with van der Waals surface area (Å²) in [7, 11) is -3.53. The molecule has 3 rings (SSSR count). The van der Waals surface area contributed by atoms with Gasteiger partial charge in [-0.2, -0.15) is 4.31 Å². The average Bonchev–Trinajstić information content (AvgIpc) is 3.15. The van der Waals surface area contributed by atoms with E-state index in [9.17, 15) is 13.2 Å². The number of piperidine rings is 1. The first-order valence-corrected chi connectivity index (χ1v) is 12.0. The molecule has 2 heterocycles. The van der Waals surface area contributed by atoms with Crippen molar-refractivity contribution in [2.45, 2.75) is 50.2 Å². The third-order valence-electron chi connectivity index (χ3n) is 5.42. The summed E-state index contributed by atoms with van der Waals surface area (Å²) in [6, 6.07) is 11.4. The van der Waals surface area contributed by atoms with Gasteiger partial charge in [0.2, 0.25) is 5.91 Å². The molecule has 0 bridgehead atoms. The highest BCUT2D eigenvalue weighted by molar-refractivity contribution is 7.91. The molecule has 0 aliphatic carbocycles. The van der Waals surface area contributed by atoms with Gasteiger partial charge in [-0.15, -0.1) is 11.3 Å². The van der Waals surface area contributed by atoms with Crippen molar-refractivity contribution in [1.82, 2.24) is 4.31 Å². The Kier molecular flexibility index (Phi) is 6.58. The largest absolute Gasteiger partial charge is 0.326 e. The predicted molar refractivity (Wildman–Crippen MR) is 114 cm³/mol. The van der Waals surface area contributed by atoms with Crippen LogP contribution in [-0.2, 0) is 14.8 Å². The number of benzene rings is 1. The molecule has 2 aromatic rings. The topological polar surface area (TPSA) is 66.5 Å². The number of carbonyl (C=O) groups is 1. The maximum atomic E-state index is 12.9. The highest BCUT2D eigenvalue weighted by Crippen LogP contribution is 2.29. The Bertz CT molecular complexity index is 919. The number of anilines is 1. The molecule has 1 N–H and O–H groups in total. The van der Waals surface area contributed by atoms with E-state index >= 15 is 0 Å². The Hall–Kier alpha value is -1.70. The van der Waals surface area contributed by atoms with E-state index in [2.05, 4.69) is 19.2 Å². The molecule has 0 saturated carbocycles. The lowest BCUT2D eigenvalue weighted by Gasteiger charge is -2.30. The number of aryl methyl sites for hydroxylation is 1. The van der Waals surface area contributed by atoms with E-state index in [4.69, 9.17) is 0 Å². The number of hydrogen-bond donors (Lipinski definition) is 1. The molecule has 1 amide bonds. The Labute approximate surface area is 171 Å². The molecule has 2 atom stereocenters. The number of rotatable bonds is 6. The second-order valence-electron chi connectivity index (χ2n) is 7.49. The predicted octanol–water partition coefficient (Wildman–Crippen LogP) is 4.61. The second-order valence-corrected chi connectivity index (χ2v) is 10.9. The number of carbonyl (C=O) groups excluding carboxylic acids is 1. The fourth-order valence-electron chi connectivity index (χ4n) is 3.43. The first kappa shape index (κ1) is 21.0. The van der Waals surface area contributed by atoms with E-state index < -0.39 is 10.0 Å². The van der Waals surface area contributed by atoms with Crippen LogP contribution in [0.1, 0.15) is 49.5 Å². The molecule has 5 nitrogen and oxygen atoms in total. The molecule has 1 aliphatic heterocycles. The van der Waals surface area contributed by atoms with Crippen LogP contribution in [0.4, 0.5) is 5.69 Å². The van der Waals surface area contributed by atoms with Crippen LogP contribution in [0.5, 0.6) is 0 Å². The normalized spacial score (nSPS) is 19.3. The van der Waals surface area contributed by atoms with Crippen LogP contribution < -0.4 is 5.32 Å². The van der Waals surface area contributed by atoms with Gasteiger partial charge in [0.15, 0.2) is 0 Å². The Morgan fingerprint density at radius 3 is 2.57 bits per heavy atom. The van der Waals surface area contributed by atoms with Crippen LogP contribution in [-0.4, -0.2) is 31.7 Å². The third-order valence-corrected chi connectivity index (χ3v) is 8.76. The van der Waals surface area contributed by atoms with Gasteiger partial charge in [0, 0.05) is 23.7 Å². The lowest BCUT2D eigenvalue weighted by molar-refractivity contribution is -0.120. The number of nitrogens with zero attached hydrogens (tertiary/aromatic N) is 1. The summed E-state index contributed by atoms with van der Waals surface area (Å²) in [5.41, 5.74) is 2.01. The van der Waals surface area contributed by atoms with Crippen LogP contribution in [0, 0.1) is 12.8 Å². The number of sulfonamides is 1. The highest BCUT2D eigenvalue weighted by atomic mass is 32.2. The fourth-order valence-corrected chi connectivity index (χ4v) is 6.39. The summed E-state index contributed by atoms with van der Waals surface area (Å²) < 4.78 is 27.5. The maximum Gasteiger partial charge on any atom is 0.252 e. The van der Waals surface area contributed by atoms with E-state index in [0.717, 1.165) is 17.0 Å². The van der Waals surface area contributed by atoms with Crippen molar-refractivity contribution < 1.29 is 13.2 Å². The Morgan fingerprint density at radius 1 is 1.25 bits per heavy atom. The van der Waals surface area contributed by atoms with Crippen LogP contribution >= 0.6 is 11.3 Å². The summed E-state index contributed by atoms with van der Waals surface area (Å²) in [5.74, 6) is 0.0418. The van der Waals surface area contributed by atoms with E-state index in [0.29, 0.717) is 29.5 Å². The van der Waals surface area contributed by atoms with Crippen molar-refractivity contribution in [2.75, 3.05) is 18.4 Å². The summed E-state index contributed by atoms with van der Waals surface area (Å²) in [4.78, 5) is 13.7. The minimum atomic E-state index is -3.53. The first-order chi connectivity index (χ1) is 13.3. The molecule has 7 heteroatoms. The number of nitrogens with one attached hydrogen (secondary N) is 1. The van der Waals surface area contributed by atoms with Crippen LogP contribution in [0.3, 0.4) is 0 Å². The van der Waals surface area contributed by atoms with Crippen molar-refractivity contribution in [3.63, 3.8) is 0 Å².